The summed E-state index contributed by atoms with van der Waals surface area (Å²) in [5.41, 5.74) is 0.879. The number of hydrogen-bond acceptors (Lipinski definition) is 7. The normalized spacial score (nSPS) is 12.0. The van der Waals surface area contributed by atoms with Crippen molar-refractivity contribution < 1.29 is 4.79 Å². The first-order valence-corrected chi connectivity index (χ1v) is 8.14. The Morgan fingerprint density at radius 1 is 1.36 bits per heavy atom. The van der Waals surface area contributed by atoms with Gasteiger partial charge in [0.2, 0.25) is 11.1 Å². The molecule has 0 aliphatic rings. The molecule has 0 aliphatic heterocycles. The molecule has 112 valence electrons. The van der Waals surface area contributed by atoms with Crippen LogP contribution in [0.25, 0.3) is 0 Å². The number of carbonyl (C=O) groups excluding carboxylic acids is 1. The van der Waals surface area contributed by atoms with Crippen LogP contribution in [0, 0.1) is 0 Å². The lowest BCUT2D eigenvalue weighted by Gasteiger charge is -2.14. The Hall–Kier alpha value is -2.26. The maximum atomic E-state index is 12.6. The number of benzene rings is 1. The minimum atomic E-state index is -0.463. The summed E-state index contributed by atoms with van der Waals surface area (Å²) in [6.45, 7) is 0. The van der Waals surface area contributed by atoms with Gasteiger partial charge in [0.05, 0.1) is 0 Å². The summed E-state index contributed by atoms with van der Waals surface area (Å²) in [5, 5.41) is 16.6. The number of aryl methyl sites for hydroxylation is 1. The standard InChI is InChI=1S/C13H12N6OS2/c1-19-13(16-17-18-19)22-10(9-5-3-2-4-6-9)11(20)15-12-14-7-8-21-12/h2-8,10H,1H3,(H,14,15,20)/t10-/m1/s1. The number of aromatic nitrogens is 5. The van der Waals surface area contributed by atoms with Gasteiger partial charge in [0, 0.05) is 18.6 Å². The lowest BCUT2D eigenvalue weighted by Crippen LogP contribution is -2.19. The molecule has 1 amide bonds. The van der Waals surface area contributed by atoms with Crippen molar-refractivity contribution in [2.45, 2.75) is 10.4 Å². The predicted molar refractivity (Wildman–Crippen MR) is 84.6 cm³/mol. The highest BCUT2D eigenvalue weighted by Crippen LogP contribution is 2.34. The van der Waals surface area contributed by atoms with Crippen LogP contribution in [-0.4, -0.2) is 31.1 Å². The summed E-state index contributed by atoms with van der Waals surface area (Å²) in [7, 11) is 1.74. The van der Waals surface area contributed by atoms with Gasteiger partial charge in [-0.25, -0.2) is 9.67 Å². The van der Waals surface area contributed by atoms with Gasteiger partial charge in [0.15, 0.2) is 5.13 Å². The quantitative estimate of drug-likeness (QED) is 0.721. The van der Waals surface area contributed by atoms with E-state index in [9.17, 15) is 4.79 Å². The lowest BCUT2D eigenvalue weighted by atomic mass is 10.1. The number of carbonyl (C=O) groups is 1. The molecule has 3 aromatic rings. The number of anilines is 1. The fourth-order valence-corrected chi connectivity index (χ4v) is 3.26. The van der Waals surface area contributed by atoms with Crippen molar-refractivity contribution in [2.24, 2.45) is 7.05 Å². The Balaban J connectivity index is 1.86. The Bertz CT molecular complexity index is 743. The number of thioether (sulfide) groups is 1. The number of nitrogens with zero attached hydrogens (tertiary/aromatic N) is 5. The van der Waals surface area contributed by atoms with Crippen molar-refractivity contribution in [2.75, 3.05) is 5.32 Å². The van der Waals surface area contributed by atoms with E-state index in [1.54, 1.807) is 13.2 Å². The molecule has 1 atom stereocenters. The van der Waals surface area contributed by atoms with Gasteiger partial charge in [-0.1, -0.05) is 42.1 Å². The van der Waals surface area contributed by atoms with Crippen LogP contribution < -0.4 is 5.32 Å². The number of tetrazole rings is 1. The molecular formula is C13H12N6OS2. The fourth-order valence-electron chi connectivity index (χ4n) is 1.78. The first kappa shape index (κ1) is 14.7. The van der Waals surface area contributed by atoms with Crippen LogP contribution >= 0.6 is 23.1 Å². The number of thiazole rings is 1. The van der Waals surface area contributed by atoms with Gasteiger partial charge >= 0.3 is 0 Å². The van der Waals surface area contributed by atoms with Gasteiger partial charge in [-0.3, -0.25) is 4.79 Å². The SMILES string of the molecule is Cn1nnnc1S[C@@H](C(=O)Nc1nccs1)c1ccccc1. The molecule has 0 spiro atoms. The zero-order chi connectivity index (χ0) is 15.4. The van der Waals surface area contributed by atoms with Crippen LogP contribution in [-0.2, 0) is 11.8 Å². The predicted octanol–water partition coefficient (Wildman–Crippen LogP) is 2.14. The minimum absolute atomic E-state index is 0.158. The van der Waals surface area contributed by atoms with Gasteiger partial charge in [0.1, 0.15) is 5.25 Å². The van der Waals surface area contributed by atoms with Crippen LogP contribution in [0.15, 0.2) is 47.1 Å². The summed E-state index contributed by atoms with van der Waals surface area (Å²) in [6.07, 6.45) is 1.65. The summed E-state index contributed by atoms with van der Waals surface area (Å²) in [4.78, 5) is 16.7. The van der Waals surface area contributed by atoms with E-state index in [4.69, 9.17) is 0 Å². The lowest BCUT2D eigenvalue weighted by molar-refractivity contribution is -0.115. The van der Waals surface area contributed by atoms with Crippen LogP contribution in [0.4, 0.5) is 5.13 Å². The Labute approximate surface area is 134 Å². The minimum Gasteiger partial charge on any atom is -0.301 e. The van der Waals surface area contributed by atoms with E-state index in [2.05, 4.69) is 25.8 Å². The van der Waals surface area contributed by atoms with Crippen molar-refractivity contribution in [3.8, 4) is 0 Å². The van der Waals surface area contributed by atoms with Gasteiger partial charge in [-0.2, -0.15) is 0 Å². The van der Waals surface area contributed by atoms with Crippen molar-refractivity contribution in [3.63, 3.8) is 0 Å². The molecule has 1 aromatic carbocycles. The second kappa shape index (κ2) is 6.67. The van der Waals surface area contributed by atoms with E-state index in [-0.39, 0.29) is 5.91 Å². The summed E-state index contributed by atoms with van der Waals surface area (Å²) in [6, 6.07) is 9.52. The summed E-state index contributed by atoms with van der Waals surface area (Å²) in [5.74, 6) is -0.158. The van der Waals surface area contributed by atoms with Crippen molar-refractivity contribution in [3.05, 3.63) is 47.5 Å². The highest BCUT2D eigenvalue weighted by Gasteiger charge is 2.25. The second-order valence-corrected chi connectivity index (χ2v) is 6.29. The molecule has 9 heteroatoms. The van der Waals surface area contributed by atoms with E-state index >= 15 is 0 Å². The van der Waals surface area contributed by atoms with E-state index in [1.807, 2.05) is 35.7 Å². The zero-order valence-electron chi connectivity index (χ0n) is 11.6. The van der Waals surface area contributed by atoms with Crippen LogP contribution in [0.3, 0.4) is 0 Å². The molecule has 3 rings (SSSR count). The smallest absolute Gasteiger partial charge is 0.244 e. The maximum Gasteiger partial charge on any atom is 0.244 e. The summed E-state index contributed by atoms with van der Waals surface area (Å²) >= 11 is 2.67. The van der Waals surface area contributed by atoms with Crippen molar-refractivity contribution in [1.82, 2.24) is 25.2 Å². The number of hydrogen-bond donors (Lipinski definition) is 1. The Morgan fingerprint density at radius 2 is 2.18 bits per heavy atom. The zero-order valence-corrected chi connectivity index (χ0v) is 13.2. The third-order valence-corrected chi connectivity index (χ3v) is 4.77. The third-order valence-electron chi connectivity index (χ3n) is 2.81. The Morgan fingerprint density at radius 3 is 2.82 bits per heavy atom. The van der Waals surface area contributed by atoms with Crippen LogP contribution in [0.1, 0.15) is 10.8 Å². The van der Waals surface area contributed by atoms with Crippen molar-refractivity contribution >= 4 is 34.1 Å². The van der Waals surface area contributed by atoms with E-state index < -0.39 is 5.25 Å². The average Bonchev–Trinajstić information content (AvgIpc) is 3.17. The van der Waals surface area contributed by atoms with E-state index in [0.29, 0.717) is 10.3 Å². The molecule has 22 heavy (non-hydrogen) atoms. The molecule has 0 unspecified atom stereocenters. The molecule has 0 aliphatic carbocycles. The Kier molecular flexibility index (Phi) is 4.45. The second-order valence-electron chi connectivity index (χ2n) is 4.32. The monoisotopic (exact) mass is 332 g/mol. The largest absolute Gasteiger partial charge is 0.301 e. The van der Waals surface area contributed by atoms with Gasteiger partial charge in [0.25, 0.3) is 0 Å². The molecule has 0 saturated carbocycles. The first-order chi connectivity index (χ1) is 10.7. The molecule has 1 N–H and O–H groups in total. The number of nitrogens with one attached hydrogen (secondary N) is 1. The number of rotatable bonds is 5. The van der Waals surface area contributed by atoms with Gasteiger partial charge in [-0.05, 0) is 16.0 Å². The molecule has 0 bridgehead atoms. The van der Waals surface area contributed by atoms with Gasteiger partial charge < -0.3 is 5.32 Å². The van der Waals surface area contributed by atoms with Crippen molar-refractivity contribution in [1.29, 1.82) is 0 Å². The highest BCUT2D eigenvalue weighted by atomic mass is 32.2. The van der Waals surface area contributed by atoms with E-state index in [1.165, 1.54) is 27.8 Å². The van der Waals surface area contributed by atoms with Crippen LogP contribution in [0.2, 0.25) is 0 Å². The number of amides is 1. The maximum absolute atomic E-state index is 12.6. The molecular weight excluding hydrogens is 320 g/mol. The highest BCUT2D eigenvalue weighted by molar-refractivity contribution is 8.00. The summed E-state index contributed by atoms with van der Waals surface area (Å²) < 4.78 is 1.54. The average molecular weight is 332 g/mol. The van der Waals surface area contributed by atoms with Gasteiger partial charge in [-0.15, -0.1) is 16.4 Å². The molecule has 0 fully saturated rings. The van der Waals surface area contributed by atoms with E-state index in [0.717, 1.165) is 5.56 Å². The first-order valence-electron chi connectivity index (χ1n) is 6.38. The molecule has 2 heterocycles. The third kappa shape index (κ3) is 3.31. The molecule has 0 radical (unpaired) electrons. The molecule has 0 saturated heterocycles. The topological polar surface area (TPSA) is 85.6 Å². The van der Waals surface area contributed by atoms with Crippen LogP contribution in [0.5, 0.6) is 0 Å². The molecule has 7 nitrogen and oxygen atoms in total. The fraction of sp³-hybridized carbons (Fsp3) is 0.154. The molecule has 2 aromatic heterocycles.